The molecule has 1 aliphatic carbocycles. The van der Waals surface area contributed by atoms with Crippen LogP contribution in [0.5, 0.6) is 0 Å². The van der Waals surface area contributed by atoms with Gasteiger partial charge in [-0.05, 0) is 25.0 Å². The summed E-state index contributed by atoms with van der Waals surface area (Å²) in [5, 5.41) is 3.38. The minimum Gasteiger partial charge on any atom is -0.349 e. The first-order chi connectivity index (χ1) is 10.1. The molecule has 6 nitrogen and oxygen atoms in total. The van der Waals surface area contributed by atoms with Gasteiger partial charge in [0.1, 0.15) is 10.0 Å². The van der Waals surface area contributed by atoms with Crippen molar-refractivity contribution in [2.75, 3.05) is 6.54 Å². The molecule has 114 valence electrons. The molecule has 0 atom stereocenters. The number of thiophene rings is 1. The highest BCUT2D eigenvalue weighted by Crippen LogP contribution is 2.24. The molecule has 0 aromatic carbocycles. The highest BCUT2D eigenvalue weighted by molar-refractivity contribution is 7.91. The van der Waals surface area contributed by atoms with E-state index in [9.17, 15) is 8.42 Å². The van der Waals surface area contributed by atoms with E-state index in [2.05, 4.69) is 20.0 Å². The SMILES string of the molecule is O=S(=O)(NCCc1ncc[nH]1)c1ccc(CNC2CC2)s1. The van der Waals surface area contributed by atoms with E-state index in [0.29, 0.717) is 23.2 Å². The predicted octanol–water partition coefficient (Wildman–Crippen LogP) is 1.24. The van der Waals surface area contributed by atoms with Gasteiger partial charge in [0, 0.05) is 42.8 Å². The number of aromatic nitrogens is 2. The van der Waals surface area contributed by atoms with Crippen LogP contribution in [-0.4, -0.2) is 31.0 Å². The van der Waals surface area contributed by atoms with Crippen molar-refractivity contribution in [3.05, 3.63) is 35.2 Å². The van der Waals surface area contributed by atoms with Gasteiger partial charge in [0.2, 0.25) is 10.0 Å². The lowest BCUT2D eigenvalue weighted by atomic mass is 10.4. The molecule has 0 amide bonds. The molecule has 1 aliphatic rings. The molecule has 1 fully saturated rings. The highest BCUT2D eigenvalue weighted by Gasteiger charge is 2.21. The summed E-state index contributed by atoms with van der Waals surface area (Å²) in [4.78, 5) is 8.06. The fourth-order valence-corrected chi connectivity index (χ4v) is 4.32. The summed E-state index contributed by atoms with van der Waals surface area (Å²) < 4.78 is 27.3. The van der Waals surface area contributed by atoms with Gasteiger partial charge < -0.3 is 10.3 Å². The molecule has 0 radical (unpaired) electrons. The average molecular weight is 326 g/mol. The second kappa shape index (κ2) is 6.27. The van der Waals surface area contributed by atoms with Crippen LogP contribution < -0.4 is 10.0 Å². The Hall–Kier alpha value is -1.22. The molecule has 3 N–H and O–H groups in total. The van der Waals surface area contributed by atoms with Crippen LogP contribution in [0.3, 0.4) is 0 Å². The van der Waals surface area contributed by atoms with Crippen molar-refractivity contribution < 1.29 is 8.42 Å². The van der Waals surface area contributed by atoms with Crippen molar-refractivity contribution >= 4 is 21.4 Å². The molecule has 0 unspecified atom stereocenters. The first-order valence-corrected chi connectivity index (χ1v) is 9.23. The quantitative estimate of drug-likeness (QED) is 0.681. The van der Waals surface area contributed by atoms with Gasteiger partial charge >= 0.3 is 0 Å². The second-order valence-electron chi connectivity index (χ2n) is 5.06. The molecule has 2 aromatic heterocycles. The van der Waals surface area contributed by atoms with Crippen LogP contribution in [0.1, 0.15) is 23.5 Å². The van der Waals surface area contributed by atoms with E-state index in [0.717, 1.165) is 17.2 Å². The molecule has 0 spiro atoms. The lowest BCUT2D eigenvalue weighted by Gasteiger charge is -2.03. The van der Waals surface area contributed by atoms with Crippen LogP contribution in [0.15, 0.2) is 28.7 Å². The fourth-order valence-electron chi connectivity index (χ4n) is 1.94. The summed E-state index contributed by atoms with van der Waals surface area (Å²) in [7, 11) is -3.42. The highest BCUT2D eigenvalue weighted by atomic mass is 32.2. The van der Waals surface area contributed by atoms with Crippen molar-refractivity contribution in [1.29, 1.82) is 0 Å². The average Bonchev–Trinajstić information content (AvgIpc) is 2.93. The maximum atomic E-state index is 12.2. The normalized spacial score (nSPS) is 15.4. The number of nitrogens with one attached hydrogen (secondary N) is 3. The zero-order chi connectivity index (χ0) is 14.7. The van der Waals surface area contributed by atoms with Crippen LogP contribution in [0.2, 0.25) is 0 Å². The summed E-state index contributed by atoms with van der Waals surface area (Å²) in [6.45, 7) is 1.08. The minimum absolute atomic E-state index is 0.337. The van der Waals surface area contributed by atoms with Gasteiger partial charge in [0.05, 0.1) is 0 Å². The van der Waals surface area contributed by atoms with Gasteiger partial charge in [0.25, 0.3) is 0 Å². The number of sulfonamides is 1. The van der Waals surface area contributed by atoms with E-state index in [-0.39, 0.29) is 0 Å². The first kappa shape index (κ1) is 14.7. The number of aromatic amines is 1. The van der Waals surface area contributed by atoms with Crippen LogP contribution in [0.25, 0.3) is 0 Å². The van der Waals surface area contributed by atoms with Crippen LogP contribution in [0, 0.1) is 0 Å². The Morgan fingerprint density at radius 3 is 2.95 bits per heavy atom. The Labute approximate surface area is 128 Å². The van der Waals surface area contributed by atoms with Gasteiger partial charge in [-0.25, -0.2) is 18.1 Å². The van der Waals surface area contributed by atoms with Crippen molar-refractivity contribution in [3.63, 3.8) is 0 Å². The molecule has 1 saturated carbocycles. The number of imidazole rings is 1. The number of H-pyrrole nitrogens is 1. The van der Waals surface area contributed by atoms with E-state index >= 15 is 0 Å². The number of rotatable bonds is 8. The molecule has 8 heteroatoms. The van der Waals surface area contributed by atoms with Crippen molar-refractivity contribution in [2.24, 2.45) is 0 Å². The molecule has 0 aliphatic heterocycles. The van der Waals surface area contributed by atoms with Gasteiger partial charge in [0.15, 0.2) is 0 Å². The molecule has 21 heavy (non-hydrogen) atoms. The Morgan fingerprint density at radius 1 is 1.38 bits per heavy atom. The lowest BCUT2D eigenvalue weighted by molar-refractivity contribution is 0.583. The third-order valence-electron chi connectivity index (χ3n) is 3.25. The number of nitrogens with zero attached hydrogens (tertiary/aromatic N) is 1. The van der Waals surface area contributed by atoms with Gasteiger partial charge in [-0.1, -0.05) is 0 Å². The standard InChI is InChI=1S/C13H18N4O2S2/c18-21(19,17-6-5-12-14-7-8-15-12)13-4-3-11(20-13)9-16-10-1-2-10/h3-4,7-8,10,16-17H,1-2,5-6,9H2,(H,14,15). The third-order valence-corrected chi connectivity index (χ3v) is 6.29. The fraction of sp³-hybridized carbons (Fsp3) is 0.462. The number of hydrogen-bond donors (Lipinski definition) is 3. The molecule has 2 aromatic rings. The molecular weight excluding hydrogens is 308 g/mol. The monoisotopic (exact) mass is 326 g/mol. The molecular formula is C13H18N4O2S2. The van der Waals surface area contributed by atoms with Gasteiger partial charge in [-0.3, -0.25) is 0 Å². The molecule has 2 heterocycles. The van der Waals surface area contributed by atoms with E-state index in [4.69, 9.17) is 0 Å². The Bertz CT molecular complexity index is 675. The number of hydrogen-bond acceptors (Lipinski definition) is 5. The Morgan fingerprint density at radius 2 is 2.24 bits per heavy atom. The Kier molecular flexibility index (Phi) is 4.39. The maximum absolute atomic E-state index is 12.2. The van der Waals surface area contributed by atoms with Crippen LogP contribution >= 0.6 is 11.3 Å². The summed E-state index contributed by atoms with van der Waals surface area (Å²) in [6, 6.07) is 4.17. The smallest absolute Gasteiger partial charge is 0.250 e. The minimum atomic E-state index is -3.42. The van der Waals surface area contributed by atoms with Crippen molar-refractivity contribution in [2.45, 2.75) is 36.1 Å². The Balaban J connectivity index is 1.53. The summed E-state index contributed by atoms with van der Waals surface area (Å²) >= 11 is 1.32. The second-order valence-corrected chi connectivity index (χ2v) is 8.22. The first-order valence-electron chi connectivity index (χ1n) is 6.93. The topological polar surface area (TPSA) is 86.9 Å². The van der Waals surface area contributed by atoms with E-state index in [1.54, 1.807) is 18.5 Å². The predicted molar refractivity (Wildman–Crippen MR) is 81.7 cm³/mol. The largest absolute Gasteiger partial charge is 0.349 e. The zero-order valence-electron chi connectivity index (χ0n) is 11.5. The maximum Gasteiger partial charge on any atom is 0.250 e. The van der Waals surface area contributed by atoms with Crippen LogP contribution in [0.4, 0.5) is 0 Å². The molecule has 0 bridgehead atoms. The third kappa shape index (κ3) is 4.13. The van der Waals surface area contributed by atoms with E-state index in [1.165, 1.54) is 24.2 Å². The molecule has 3 rings (SSSR count). The summed E-state index contributed by atoms with van der Waals surface area (Å²) in [5.74, 6) is 0.776. The lowest BCUT2D eigenvalue weighted by Crippen LogP contribution is -2.25. The van der Waals surface area contributed by atoms with E-state index in [1.807, 2.05) is 6.07 Å². The van der Waals surface area contributed by atoms with E-state index < -0.39 is 10.0 Å². The molecule has 0 saturated heterocycles. The van der Waals surface area contributed by atoms with Gasteiger partial charge in [-0.15, -0.1) is 11.3 Å². The van der Waals surface area contributed by atoms with Crippen molar-refractivity contribution in [3.8, 4) is 0 Å². The summed E-state index contributed by atoms with van der Waals surface area (Å²) in [5.41, 5.74) is 0. The summed E-state index contributed by atoms with van der Waals surface area (Å²) in [6.07, 6.45) is 6.38. The van der Waals surface area contributed by atoms with Gasteiger partial charge in [-0.2, -0.15) is 0 Å². The van der Waals surface area contributed by atoms with Crippen LogP contribution in [-0.2, 0) is 23.0 Å². The van der Waals surface area contributed by atoms with Crippen molar-refractivity contribution in [1.82, 2.24) is 20.0 Å². The zero-order valence-corrected chi connectivity index (χ0v) is 13.1.